The van der Waals surface area contributed by atoms with Crippen LogP contribution in [0.1, 0.15) is 6.92 Å². The fraction of sp³-hybridized carbons (Fsp3) is 0.0870. The number of halogens is 1. The molecule has 0 aliphatic heterocycles. The molecule has 0 radical (unpaired) electrons. The zero-order valence-electron chi connectivity index (χ0n) is 16.1. The van der Waals surface area contributed by atoms with E-state index in [0.29, 0.717) is 11.4 Å². The number of carbonyl (C=O) groups is 1. The van der Waals surface area contributed by atoms with Crippen molar-refractivity contribution in [2.45, 2.75) is 13.0 Å². The lowest BCUT2D eigenvalue weighted by molar-refractivity contribution is -0.122. The van der Waals surface area contributed by atoms with E-state index in [1.807, 2.05) is 72.1 Å². The first-order valence-electron chi connectivity index (χ1n) is 9.29. The van der Waals surface area contributed by atoms with Crippen LogP contribution in [0.5, 0.6) is 5.75 Å². The number of nitrogens with zero attached hydrogens (tertiary/aromatic N) is 2. The van der Waals surface area contributed by atoms with Gasteiger partial charge in [-0.1, -0.05) is 34.1 Å². The molecule has 2 aromatic carbocycles. The van der Waals surface area contributed by atoms with Crippen molar-refractivity contribution in [3.05, 3.63) is 82.8 Å². The molecule has 5 nitrogen and oxygen atoms in total. The maximum Gasteiger partial charge on any atom is 0.265 e. The normalized spacial score (nSPS) is 11.7. The van der Waals surface area contributed by atoms with Gasteiger partial charge in [-0.3, -0.25) is 9.78 Å². The molecule has 1 amide bonds. The number of amides is 1. The quantitative estimate of drug-likeness (QED) is 0.366. The third-order valence-corrected chi connectivity index (χ3v) is 5.70. The van der Waals surface area contributed by atoms with E-state index in [1.54, 1.807) is 24.5 Å². The number of nitrogens with one attached hydrogen (secondary N) is 1. The molecule has 0 bridgehead atoms. The van der Waals surface area contributed by atoms with Crippen molar-refractivity contribution in [3.8, 4) is 27.7 Å². The minimum Gasteiger partial charge on any atom is -0.481 e. The van der Waals surface area contributed by atoms with Crippen molar-refractivity contribution in [1.29, 1.82) is 0 Å². The smallest absolute Gasteiger partial charge is 0.265 e. The van der Waals surface area contributed by atoms with E-state index in [2.05, 4.69) is 31.2 Å². The van der Waals surface area contributed by atoms with E-state index >= 15 is 0 Å². The van der Waals surface area contributed by atoms with Gasteiger partial charge in [0.15, 0.2) is 6.10 Å². The second-order valence-corrected chi connectivity index (χ2v) is 8.31. The minimum atomic E-state index is -0.634. The van der Waals surface area contributed by atoms with Crippen LogP contribution in [0.25, 0.3) is 22.0 Å². The predicted octanol–water partition coefficient (Wildman–Crippen LogP) is 6.04. The highest BCUT2D eigenvalue weighted by atomic mass is 79.9. The fourth-order valence-electron chi connectivity index (χ4n) is 2.78. The van der Waals surface area contributed by atoms with Crippen LogP contribution in [0.2, 0.25) is 0 Å². The van der Waals surface area contributed by atoms with Gasteiger partial charge in [0, 0.05) is 27.3 Å². The SMILES string of the molecule is CC(Oc1ccc(Br)cc1)C(=O)Nc1cccc(-c2csc(-c3ccccn3)n2)c1. The Morgan fingerprint density at radius 3 is 2.67 bits per heavy atom. The molecule has 7 heteroatoms. The van der Waals surface area contributed by atoms with Crippen LogP contribution in [0.15, 0.2) is 82.8 Å². The number of carbonyl (C=O) groups excluding carboxylic acids is 1. The van der Waals surface area contributed by atoms with Crippen molar-refractivity contribution in [2.24, 2.45) is 0 Å². The van der Waals surface area contributed by atoms with Crippen LogP contribution in [0.3, 0.4) is 0 Å². The Hall–Kier alpha value is -3.03. The molecule has 0 saturated carbocycles. The Bertz CT molecular complexity index is 1150. The van der Waals surface area contributed by atoms with Crippen LogP contribution < -0.4 is 10.1 Å². The van der Waals surface area contributed by atoms with E-state index < -0.39 is 6.10 Å². The summed E-state index contributed by atoms with van der Waals surface area (Å²) in [4.78, 5) is 21.6. The van der Waals surface area contributed by atoms with Gasteiger partial charge in [-0.15, -0.1) is 11.3 Å². The number of hydrogen-bond acceptors (Lipinski definition) is 5. The lowest BCUT2D eigenvalue weighted by atomic mass is 10.1. The third-order valence-electron chi connectivity index (χ3n) is 4.31. The summed E-state index contributed by atoms with van der Waals surface area (Å²) in [5.74, 6) is 0.418. The summed E-state index contributed by atoms with van der Waals surface area (Å²) in [5.41, 5.74) is 3.30. The van der Waals surface area contributed by atoms with Crippen molar-refractivity contribution in [3.63, 3.8) is 0 Å². The van der Waals surface area contributed by atoms with Crippen LogP contribution in [0.4, 0.5) is 5.69 Å². The summed E-state index contributed by atoms with van der Waals surface area (Å²) in [6, 6.07) is 20.7. The molecule has 0 spiro atoms. The molecule has 150 valence electrons. The topological polar surface area (TPSA) is 64.1 Å². The summed E-state index contributed by atoms with van der Waals surface area (Å²) in [5, 5.41) is 5.76. The minimum absolute atomic E-state index is 0.220. The van der Waals surface area contributed by atoms with E-state index in [1.165, 1.54) is 0 Å². The number of ether oxygens (including phenoxy) is 1. The second kappa shape index (κ2) is 9.19. The maximum atomic E-state index is 12.6. The summed E-state index contributed by atoms with van der Waals surface area (Å²) in [7, 11) is 0. The number of anilines is 1. The van der Waals surface area contributed by atoms with Gasteiger partial charge < -0.3 is 10.1 Å². The van der Waals surface area contributed by atoms with Crippen LogP contribution in [-0.4, -0.2) is 22.0 Å². The van der Waals surface area contributed by atoms with Crippen molar-refractivity contribution < 1.29 is 9.53 Å². The molecule has 2 aromatic heterocycles. The van der Waals surface area contributed by atoms with Gasteiger partial charge in [0.25, 0.3) is 5.91 Å². The highest BCUT2D eigenvalue weighted by molar-refractivity contribution is 9.10. The Morgan fingerprint density at radius 2 is 1.90 bits per heavy atom. The third kappa shape index (κ3) is 4.93. The van der Waals surface area contributed by atoms with Gasteiger partial charge in [-0.25, -0.2) is 4.98 Å². The van der Waals surface area contributed by atoms with E-state index in [4.69, 9.17) is 4.74 Å². The van der Waals surface area contributed by atoms with Crippen LogP contribution in [0, 0.1) is 0 Å². The summed E-state index contributed by atoms with van der Waals surface area (Å²) < 4.78 is 6.68. The molecule has 1 atom stereocenters. The number of rotatable bonds is 6. The lowest BCUT2D eigenvalue weighted by Crippen LogP contribution is -2.30. The molecule has 30 heavy (non-hydrogen) atoms. The summed E-state index contributed by atoms with van der Waals surface area (Å²) in [6.07, 6.45) is 1.12. The highest BCUT2D eigenvalue weighted by Crippen LogP contribution is 2.29. The Kier molecular flexibility index (Phi) is 6.21. The van der Waals surface area contributed by atoms with Crippen molar-refractivity contribution >= 4 is 38.9 Å². The molecule has 0 aliphatic carbocycles. The van der Waals surface area contributed by atoms with Crippen LogP contribution in [-0.2, 0) is 4.79 Å². The molecule has 4 aromatic rings. The van der Waals surface area contributed by atoms with Crippen molar-refractivity contribution in [2.75, 3.05) is 5.32 Å². The first-order chi connectivity index (χ1) is 14.6. The summed E-state index contributed by atoms with van der Waals surface area (Å²) in [6.45, 7) is 1.72. The molecule has 0 fully saturated rings. The van der Waals surface area contributed by atoms with Gasteiger partial charge in [0.05, 0.1) is 11.4 Å². The Labute approximate surface area is 186 Å². The first kappa shape index (κ1) is 20.3. The zero-order chi connectivity index (χ0) is 20.9. The maximum absolute atomic E-state index is 12.6. The first-order valence-corrected chi connectivity index (χ1v) is 11.0. The Morgan fingerprint density at radius 1 is 1.07 bits per heavy atom. The number of hydrogen-bond donors (Lipinski definition) is 1. The largest absolute Gasteiger partial charge is 0.481 e. The summed E-state index contributed by atoms with van der Waals surface area (Å²) >= 11 is 4.92. The average molecular weight is 480 g/mol. The molecule has 1 N–H and O–H groups in total. The van der Waals surface area contributed by atoms with Crippen LogP contribution >= 0.6 is 27.3 Å². The molecule has 0 aliphatic rings. The number of aromatic nitrogens is 2. The average Bonchev–Trinajstić information content (AvgIpc) is 3.26. The zero-order valence-corrected chi connectivity index (χ0v) is 18.5. The van der Waals surface area contributed by atoms with Gasteiger partial charge >= 0.3 is 0 Å². The molecule has 2 heterocycles. The number of pyridine rings is 1. The van der Waals surface area contributed by atoms with Crippen molar-refractivity contribution in [1.82, 2.24) is 9.97 Å². The highest BCUT2D eigenvalue weighted by Gasteiger charge is 2.15. The van der Waals surface area contributed by atoms with Gasteiger partial charge in [0.2, 0.25) is 0 Å². The van der Waals surface area contributed by atoms with E-state index in [-0.39, 0.29) is 5.91 Å². The molecular weight excluding hydrogens is 462 g/mol. The lowest BCUT2D eigenvalue weighted by Gasteiger charge is -2.15. The Balaban J connectivity index is 1.45. The predicted molar refractivity (Wildman–Crippen MR) is 124 cm³/mol. The van der Waals surface area contributed by atoms with E-state index in [0.717, 1.165) is 26.4 Å². The fourth-order valence-corrected chi connectivity index (χ4v) is 3.85. The molecule has 1 unspecified atom stereocenters. The molecular formula is C23H18BrN3O2S. The molecule has 0 saturated heterocycles. The second-order valence-electron chi connectivity index (χ2n) is 6.54. The van der Waals surface area contributed by atoms with Gasteiger partial charge in [-0.2, -0.15) is 0 Å². The molecule has 4 rings (SSSR count). The number of benzene rings is 2. The van der Waals surface area contributed by atoms with E-state index in [9.17, 15) is 4.79 Å². The standard InChI is InChI=1S/C23H18BrN3O2S/c1-15(29-19-10-8-17(24)9-11-19)22(28)26-18-6-4-5-16(13-18)21-14-30-23(27-21)20-7-2-3-12-25-20/h2-15H,1H3,(H,26,28). The number of thiazole rings is 1. The van der Waals surface area contributed by atoms with Gasteiger partial charge in [0.1, 0.15) is 10.8 Å². The van der Waals surface area contributed by atoms with Gasteiger partial charge in [-0.05, 0) is 55.5 Å². The monoisotopic (exact) mass is 479 g/mol.